The average Bonchev–Trinajstić information content (AvgIpc) is 2.91. The third kappa shape index (κ3) is 6.83. The van der Waals surface area contributed by atoms with Crippen LogP contribution in [0.25, 0.3) is 33.4 Å². The van der Waals surface area contributed by atoms with Gasteiger partial charge in [0.25, 0.3) is 0 Å². The molecule has 0 radical (unpaired) electrons. The molecule has 0 fully saturated rings. The molecular weight excluding hydrogens is 552 g/mol. The van der Waals surface area contributed by atoms with Gasteiger partial charge in [-0.3, -0.25) is 9.97 Å². The molecule has 0 saturated carbocycles. The topological polar surface area (TPSA) is 173 Å². The molecule has 0 aliphatic rings. The van der Waals surface area contributed by atoms with E-state index in [9.17, 15) is 22.8 Å². The molecule has 39 heavy (non-hydrogen) atoms. The van der Waals surface area contributed by atoms with Gasteiger partial charge in [0.1, 0.15) is 10.7 Å². The van der Waals surface area contributed by atoms with Gasteiger partial charge in [-0.2, -0.15) is 4.49 Å². The van der Waals surface area contributed by atoms with E-state index in [0.717, 1.165) is 39.0 Å². The van der Waals surface area contributed by atoms with Crippen molar-refractivity contribution in [1.82, 2.24) is 24.4 Å². The average molecular weight is 571 g/mol. The summed E-state index contributed by atoms with van der Waals surface area (Å²) in [7, 11) is -10.2. The summed E-state index contributed by atoms with van der Waals surface area (Å²) in [5, 5.41) is 4.06. The third-order valence-electron chi connectivity index (χ3n) is 5.48. The Balaban J connectivity index is 0.00000353. The van der Waals surface area contributed by atoms with Crippen LogP contribution >= 0.6 is 7.75 Å². The minimum absolute atomic E-state index is 0. The van der Waals surface area contributed by atoms with Gasteiger partial charge in [0.15, 0.2) is 5.82 Å². The molecule has 0 spiro atoms. The van der Waals surface area contributed by atoms with E-state index in [0.29, 0.717) is 17.9 Å². The summed E-state index contributed by atoms with van der Waals surface area (Å²) in [6.45, 7) is 0.356. The van der Waals surface area contributed by atoms with Crippen molar-refractivity contribution in [2.24, 2.45) is 0 Å². The largest absolute Gasteiger partial charge is 2.00 e. The van der Waals surface area contributed by atoms with Crippen molar-refractivity contribution in [2.75, 3.05) is 5.32 Å². The maximum Gasteiger partial charge on any atom is 2.00 e. The van der Waals surface area contributed by atoms with Gasteiger partial charge in [0.05, 0.1) is 23.1 Å². The molecular formula is C25H19MgN6O5PS. The standard InChI is InChI=1S/C25H21N6O5PS.Mg/c32-37(33,34)31-38(35,36)20-13-18(14-26-16-20)24-29-22-11-6-10-21(17-7-2-1-3-8-17)23(22)25(30-24)28-15-19-9-4-5-12-27-19;/h1-14,16H,15H2,(H,28,29,30)(H3,31,32,33,34);/q;+2/p-2. The first-order valence-electron chi connectivity index (χ1n) is 11.2. The Morgan fingerprint density at radius 1 is 0.872 bits per heavy atom. The van der Waals surface area contributed by atoms with Crippen LogP contribution in [0.15, 0.2) is 96.3 Å². The predicted octanol–water partition coefficient (Wildman–Crippen LogP) is 2.09. The zero-order valence-electron chi connectivity index (χ0n) is 20.3. The molecule has 5 rings (SSSR count). The number of benzene rings is 2. The summed E-state index contributed by atoms with van der Waals surface area (Å²) in [4.78, 5) is 39.1. The van der Waals surface area contributed by atoms with Crippen LogP contribution in [0.1, 0.15) is 5.69 Å². The fourth-order valence-corrected chi connectivity index (χ4v) is 5.94. The number of nitrogens with one attached hydrogen (secondary N) is 2. The first kappa shape index (κ1) is 28.7. The van der Waals surface area contributed by atoms with E-state index in [1.807, 2.05) is 60.7 Å². The summed E-state index contributed by atoms with van der Waals surface area (Å²) in [5.41, 5.74) is 3.40. The predicted molar refractivity (Wildman–Crippen MR) is 143 cm³/mol. The number of nitrogens with zero attached hydrogens (tertiary/aromatic N) is 4. The Morgan fingerprint density at radius 2 is 1.64 bits per heavy atom. The number of aromatic nitrogens is 4. The van der Waals surface area contributed by atoms with Crippen molar-refractivity contribution in [1.29, 1.82) is 0 Å². The fraction of sp³-hybridized carbons (Fsp3) is 0.0400. The van der Waals surface area contributed by atoms with Crippen LogP contribution in [0.2, 0.25) is 0 Å². The van der Waals surface area contributed by atoms with Gasteiger partial charge in [-0.1, -0.05) is 48.5 Å². The number of hydrogen-bond acceptors (Lipinski definition) is 10. The molecule has 0 bridgehead atoms. The van der Waals surface area contributed by atoms with Crippen molar-refractivity contribution < 1.29 is 22.8 Å². The molecule has 5 aromatic rings. The smallest absolute Gasteiger partial charge is 0.799 e. The summed E-state index contributed by atoms with van der Waals surface area (Å²) in [5.74, 6) is 0.619. The molecule has 0 atom stereocenters. The quantitative estimate of drug-likeness (QED) is 0.208. The van der Waals surface area contributed by atoms with Crippen molar-refractivity contribution in [3.05, 3.63) is 97.1 Å². The second kappa shape index (κ2) is 11.8. The minimum Gasteiger partial charge on any atom is -0.799 e. The molecule has 11 nitrogen and oxygen atoms in total. The molecule has 2 N–H and O–H groups in total. The van der Waals surface area contributed by atoms with Crippen molar-refractivity contribution in [2.45, 2.75) is 11.4 Å². The van der Waals surface area contributed by atoms with Gasteiger partial charge >= 0.3 is 23.1 Å². The van der Waals surface area contributed by atoms with Crippen LogP contribution in [0, 0.1) is 0 Å². The van der Waals surface area contributed by atoms with E-state index in [4.69, 9.17) is 0 Å². The molecule has 0 saturated heterocycles. The van der Waals surface area contributed by atoms with E-state index in [1.54, 1.807) is 12.3 Å². The van der Waals surface area contributed by atoms with Crippen molar-refractivity contribution in [3.63, 3.8) is 0 Å². The third-order valence-corrected chi connectivity index (χ3v) is 8.18. The molecule has 3 aromatic heterocycles. The Bertz CT molecular complexity index is 1770. The van der Waals surface area contributed by atoms with Crippen molar-refractivity contribution in [3.8, 4) is 22.5 Å². The van der Waals surface area contributed by atoms with Gasteiger partial charge in [-0.05, 0) is 35.4 Å². The number of hydrogen-bond donors (Lipinski definition) is 2. The van der Waals surface area contributed by atoms with E-state index in [1.165, 1.54) is 6.20 Å². The van der Waals surface area contributed by atoms with Gasteiger partial charge in [-0.25, -0.2) is 18.4 Å². The van der Waals surface area contributed by atoms with Gasteiger partial charge in [-0.15, -0.1) is 0 Å². The molecule has 0 amide bonds. The van der Waals surface area contributed by atoms with Crippen LogP contribution in [0.4, 0.5) is 5.82 Å². The number of sulfonamides is 1. The maximum absolute atomic E-state index is 12.4. The van der Waals surface area contributed by atoms with E-state index < -0.39 is 22.7 Å². The van der Waals surface area contributed by atoms with Gasteiger partial charge in [0, 0.05) is 31.9 Å². The summed E-state index contributed by atoms with van der Waals surface area (Å²) < 4.78 is 36.9. The monoisotopic (exact) mass is 570 g/mol. The van der Waals surface area contributed by atoms with Crippen LogP contribution in [0.3, 0.4) is 0 Å². The molecule has 0 unspecified atom stereocenters. The summed E-state index contributed by atoms with van der Waals surface area (Å²) >= 11 is 0. The van der Waals surface area contributed by atoms with E-state index in [2.05, 4.69) is 25.3 Å². The molecule has 14 heteroatoms. The number of pyridine rings is 2. The first-order valence-corrected chi connectivity index (χ1v) is 14.2. The van der Waals surface area contributed by atoms with E-state index >= 15 is 0 Å². The van der Waals surface area contributed by atoms with Gasteiger partial charge in [0.2, 0.25) is 10.0 Å². The second-order valence-electron chi connectivity index (χ2n) is 8.14. The van der Waals surface area contributed by atoms with Crippen LogP contribution in [-0.2, 0) is 21.1 Å². The Labute approximate surface area is 240 Å². The van der Waals surface area contributed by atoms with Gasteiger partial charge < -0.3 is 19.7 Å². The zero-order chi connectivity index (χ0) is 26.8. The molecule has 0 aliphatic carbocycles. The number of rotatable bonds is 8. The first-order chi connectivity index (χ1) is 18.2. The van der Waals surface area contributed by atoms with E-state index in [-0.39, 0.29) is 34.4 Å². The SMILES string of the molecule is O=P([O-])([O-])NS(=O)(=O)c1cncc(-c2nc(NCc3ccccn3)c3c(-c4ccccc4)cccc3n2)c1.[Mg+2]. The Hall–Kier alpha value is -3.29. The number of anilines is 1. The Morgan fingerprint density at radius 3 is 2.36 bits per heavy atom. The van der Waals surface area contributed by atoms with Crippen LogP contribution in [-0.4, -0.2) is 51.4 Å². The summed E-state index contributed by atoms with van der Waals surface area (Å²) in [6.07, 6.45) is 3.96. The molecule has 0 aliphatic heterocycles. The second-order valence-corrected chi connectivity index (χ2v) is 11.3. The fourth-order valence-electron chi connectivity index (χ4n) is 3.86. The van der Waals surface area contributed by atoms with Crippen molar-refractivity contribution >= 4 is 57.5 Å². The Kier molecular flexibility index (Phi) is 8.72. The molecule has 2 aromatic carbocycles. The van der Waals surface area contributed by atoms with Crippen LogP contribution in [0.5, 0.6) is 0 Å². The molecule has 3 heterocycles. The normalized spacial score (nSPS) is 11.6. The molecule has 192 valence electrons. The maximum atomic E-state index is 12.4. The zero-order valence-corrected chi connectivity index (χ0v) is 23.4. The summed E-state index contributed by atoms with van der Waals surface area (Å²) in [6, 6.07) is 22.0. The minimum atomic E-state index is -5.57. The van der Waals surface area contributed by atoms with Crippen LogP contribution < -0.4 is 19.6 Å². The number of fused-ring (bicyclic) bond motifs is 1.